The molecule has 4 heterocycles. The minimum absolute atomic E-state index is 0.217. The van der Waals surface area contributed by atoms with E-state index in [0.717, 1.165) is 44.9 Å². The molecule has 0 bridgehead atoms. The van der Waals surface area contributed by atoms with E-state index in [4.69, 9.17) is 11.6 Å². The van der Waals surface area contributed by atoms with Crippen molar-refractivity contribution in [3.63, 3.8) is 0 Å². The van der Waals surface area contributed by atoms with Crippen LogP contribution in [0.25, 0.3) is 55.0 Å². The summed E-state index contributed by atoms with van der Waals surface area (Å²) in [6.45, 7) is 7.11. The van der Waals surface area contributed by atoms with Crippen molar-refractivity contribution in [3.8, 4) is 0 Å². The Morgan fingerprint density at radius 3 is 1.43 bits per heavy atom. The molecule has 0 amide bonds. The van der Waals surface area contributed by atoms with E-state index < -0.39 is 0 Å². The summed E-state index contributed by atoms with van der Waals surface area (Å²) < 4.78 is 4.60. The molecule has 0 saturated carbocycles. The van der Waals surface area contributed by atoms with Gasteiger partial charge in [-0.05, 0) is 78.1 Å². The summed E-state index contributed by atoms with van der Waals surface area (Å²) in [4.78, 5) is 10.8. The van der Waals surface area contributed by atoms with Crippen LogP contribution < -0.4 is 16.4 Å². The van der Waals surface area contributed by atoms with Gasteiger partial charge < -0.3 is 0 Å². The minimum Gasteiger partial charge on any atom is -0.297 e. The van der Waals surface area contributed by atoms with E-state index in [9.17, 15) is 0 Å². The first kappa shape index (κ1) is 31.6. The maximum Gasteiger partial charge on any atom is 0.247 e. The summed E-state index contributed by atoms with van der Waals surface area (Å²) in [5.41, 5.74) is 10.7. The average Bonchev–Trinajstić information content (AvgIpc) is 3.73. The summed E-state index contributed by atoms with van der Waals surface area (Å²) in [6.07, 6.45) is 2.19. The number of hydrogen-bond acceptors (Lipinski definition) is 3. The Balaban J connectivity index is 1.13. The molecule has 254 valence electrons. The third kappa shape index (κ3) is 4.77. The second kappa shape index (κ2) is 12.3. The van der Waals surface area contributed by atoms with Crippen molar-refractivity contribution in [3.05, 3.63) is 176 Å². The van der Waals surface area contributed by atoms with Gasteiger partial charge in [0.05, 0.1) is 22.1 Å². The fraction of sp³-hybridized carbons (Fsp3) is 0.0208. The van der Waals surface area contributed by atoms with E-state index in [1.54, 1.807) is 0 Å². The van der Waals surface area contributed by atoms with Gasteiger partial charge in [-0.25, -0.2) is 4.99 Å². The molecule has 0 unspecified atom stereocenters. The summed E-state index contributed by atoms with van der Waals surface area (Å²) in [6, 6.07) is 57.0. The first-order valence-corrected chi connectivity index (χ1v) is 19.9. The van der Waals surface area contributed by atoms with E-state index in [0.29, 0.717) is 0 Å². The molecule has 0 spiro atoms. The van der Waals surface area contributed by atoms with E-state index in [1.165, 1.54) is 57.5 Å². The van der Waals surface area contributed by atoms with E-state index in [-0.39, 0.29) is 6.71 Å². The first-order valence-electron chi connectivity index (χ1n) is 18.3. The van der Waals surface area contributed by atoms with Crippen LogP contribution in [-0.2, 0) is 0 Å². The molecule has 0 atom stereocenters. The Hall–Kier alpha value is -5.95. The van der Waals surface area contributed by atoms with Gasteiger partial charge in [0.25, 0.3) is 0 Å². The quantitative estimate of drug-likeness (QED) is 0.0780. The van der Waals surface area contributed by atoms with E-state index in [1.807, 2.05) is 23.5 Å². The average molecular weight is 726 g/mol. The molecular formula is C48H32BN3S2. The largest absolute Gasteiger partial charge is 0.297 e. The van der Waals surface area contributed by atoms with Gasteiger partial charge in [0.1, 0.15) is 11.7 Å². The lowest BCUT2D eigenvalue weighted by Gasteiger charge is -2.33. The summed E-state index contributed by atoms with van der Waals surface area (Å²) in [5, 5.41) is 4.83. The Morgan fingerprint density at radius 1 is 0.537 bits per heavy atom. The maximum atomic E-state index is 5.57. The van der Waals surface area contributed by atoms with Gasteiger partial charge in [0, 0.05) is 41.1 Å². The molecule has 2 aliphatic rings. The Labute approximate surface area is 322 Å². The normalized spacial score (nSPS) is 13.8. The van der Waals surface area contributed by atoms with Crippen LogP contribution in [0.3, 0.4) is 0 Å². The third-order valence-electron chi connectivity index (χ3n) is 11.0. The zero-order chi connectivity index (χ0) is 35.9. The highest BCUT2D eigenvalue weighted by atomic mass is 32.2. The molecular weight excluding hydrogens is 693 g/mol. The zero-order valence-corrected chi connectivity index (χ0v) is 31.2. The van der Waals surface area contributed by atoms with Crippen LogP contribution >= 0.6 is 23.5 Å². The Kier molecular flexibility index (Phi) is 7.19. The van der Waals surface area contributed by atoms with Crippen LogP contribution in [-0.4, -0.2) is 21.7 Å². The van der Waals surface area contributed by atoms with Crippen LogP contribution in [0.15, 0.2) is 195 Å². The first-order chi connectivity index (χ1) is 26.6. The number of aromatic nitrogens is 2. The standard InChI is InChI=1S/C48H32BN3S2/c1-30(32-28-45-48-46(29-32)54-44-26-14-8-20-38(44)49(48)37-19-7-13-25-43(37)53-45)27-47(52-41-23-11-5-17-35(41)36-18-6-12-24-42(36)52)50-31(2)51-39-21-9-3-15-33(39)34-16-4-10-22-40(34)51/h3-29H,1H2,2H3/b47-27+,50-31?. The molecule has 54 heavy (non-hydrogen) atoms. The van der Waals surface area contributed by atoms with Gasteiger partial charge >= 0.3 is 0 Å². The lowest BCUT2D eigenvalue weighted by atomic mass is 9.36. The predicted molar refractivity (Wildman–Crippen MR) is 233 cm³/mol. The highest BCUT2D eigenvalue weighted by Gasteiger charge is 2.38. The smallest absolute Gasteiger partial charge is 0.247 e. The molecule has 0 saturated heterocycles. The number of benzene rings is 7. The van der Waals surface area contributed by atoms with Crippen molar-refractivity contribution < 1.29 is 0 Å². The molecule has 11 rings (SSSR count). The summed E-state index contributed by atoms with van der Waals surface area (Å²) >= 11 is 3.75. The highest BCUT2D eigenvalue weighted by Crippen LogP contribution is 2.41. The van der Waals surface area contributed by atoms with Crippen LogP contribution in [0.1, 0.15) is 12.5 Å². The van der Waals surface area contributed by atoms with E-state index >= 15 is 0 Å². The Bertz CT molecular complexity index is 2930. The van der Waals surface area contributed by atoms with Crippen molar-refractivity contribution in [1.82, 2.24) is 9.13 Å². The molecule has 2 aliphatic heterocycles. The SMILES string of the molecule is C=C(/C=C(\N=C(C)n1c2ccccc2c2ccccc21)n1c2ccccc2c2ccccc21)c1cc2c3c(c1)Sc1ccccc1B3c1ccccc1S2. The summed E-state index contributed by atoms with van der Waals surface area (Å²) in [7, 11) is 0. The van der Waals surface area contributed by atoms with E-state index in [2.05, 4.69) is 180 Å². The zero-order valence-electron chi connectivity index (χ0n) is 29.5. The molecule has 0 fully saturated rings. The second-order valence-corrected chi connectivity index (χ2v) is 16.2. The second-order valence-electron chi connectivity index (χ2n) is 14.0. The van der Waals surface area contributed by atoms with Crippen molar-refractivity contribution in [2.24, 2.45) is 4.99 Å². The number of fused-ring (bicyclic) bond motifs is 10. The number of aliphatic imine (C=N–C) groups is 1. The molecule has 0 aliphatic carbocycles. The van der Waals surface area contributed by atoms with Crippen molar-refractivity contribution in [2.75, 3.05) is 0 Å². The topological polar surface area (TPSA) is 22.2 Å². The number of rotatable bonds is 4. The number of hydrogen-bond donors (Lipinski definition) is 0. The van der Waals surface area contributed by atoms with Crippen LogP contribution in [0, 0.1) is 0 Å². The van der Waals surface area contributed by atoms with Gasteiger partial charge in [-0.15, -0.1) is 0 Å². The van der Waals surface area contributed by atoms with Gasteiger partial charge in [-0.2, -0.15) is 0 Å². The number of nitrogens with zero attached hydrogens (tertiary/aromatic N) is 3. The van der Waals surface area contributed by atoms with Gasteiger partial charge in [-0.1, -0.05) is 150 Å². The summed E-state index contributed by atoms with van der Waals surface area (Å²) in [5.74, 6) is 1.70. The fourth-order valence-electron chi connectivity index (χ4n) is 8.62. The van der Waals surface area contributed by atoms with Crippen LogP contribution in [0.4, 0.5) is 0 Å². The predicted octanol–water partition coefficient (Wildman–Crippen LogP) is 10.8. The molecule has 0 radical (unpaired) electrons. The molecule has 9 aromatic rings. The Morgan fingerprint density at radius 2 is 0.944 bits per heavy atom. The highest BCUT2D eigenvalue weighted by molar-refractivity contribution is 8.01. The number of para-hydroxylation sites is 4. The molecule has 7 aromatic carbocycles. The molecule has 3 nitrogen and oxygen atoms in total. The number of allylic oxidation sites excluding steroid dienone is 2. The van der Waals surface area contributed by atoms with Crippen LogP contribution in [0.5, 0.6) is 0 Å². The third-order valence-corrected chi connectivity index (χ3v) is 13.3. The molecule has 0 N–H and O–H groups in total. The van der Waals surface area contributed by atoms with Crippen LogP contribution in [0.2, 0.25) is 0 Å². The monoisotopic (exact) mass is 725 g/mol. The van der Waals surface area contributed by atoms with Gasteiger partial charge in [0.15, 0.2) is 0 Å². The van der Waals surface area contributed by atoms with Crippen molar-refractivity contribution in [2.45, 2.75) is 26.5 Å². The minimum atomic E-state index is 0.217. The van der Waals surface area contributed by atoms with Gasteiger partial charge in [-0.3, -0.25) is 9.13 Å². The van der Waals surface area contributed by atoms with Crippen molar-refractivity contribution >= 4 is 107 Å². The van der Waals surface area contributed by atoms with Crippen molar-refractivity contribution in [1.29, 1.82) is 0 Å². The fourth-order valence-corrected chi connectivity index (χ4v) is 11.1. The lowest BCUT2D eigenvalue weighted by Crippen LogP contribution is -2.58. The lowest BCUT2D eigenvalue weighted by molar-refractivity contribution is 1.14. The molecule has 6 heteroatoms. The maximum absolute atomic E-state index is 5.57. The van der Waals surface area contributed by atoms with Gasteiger partial charge in [0.2, 0.25) is 6.71 Å². The molecule has 2 aromatic heterocycles.